The lowest BCUT2D eigenvalue weighted by Gasteiger charge is -2.40. The molecule has 324 valence electrons. The Morgan fingerprint density at radius 2 is 1.42 bits per heavy atom. The topological polar surface area (TPSA) is 130 Å². The van der Waals surface area contributed by atoms with E-state index in [-0.39, 0.29) is 47.7 Å². The fourth-order valence-electron chi connectivity index (χ4n) is 7.47. The van der Waals surface area contributed by atoms with Gasteiger partial charge >= 0.3 is 0 Å². The summed E-state index contributed by atoms with van der Waals surface area (Å²) >= 11 is 0. The van der Waals surface area contributed by atoms with Crippen LogP contribution in [0.1, 0.15) is 54.0 Å². The first-order chi connectivity index (χ1) is 29.8. The van der Waals surface area contributed by atoms with Gasteiger partial charge in [-0.15, -0.1) is 0 Å². The number of hydrogen-bond donors (Lipinski definition) is 1. The van der Waals surface area contributed by atoms with Crippen molar-refractivity contribution in [1.82, 2.24) is 19.5 Å². The number of ether oxygens (including phenoxy) is 4. The summed E-state index contributed by atoms with van der Waals surface area (Å²) in [6, 6.07) is 34.1. The van der Waals surface area contributed by atoms with Gasteiger partial charge in [0.05, 0.1) is 33.8 Å². The molecule has 0 aliphatic carbocycles. The van der Waals surface area contributed by atoms with E-state index in [1.165, 1.54) is 17.6 Å². The molecular formula is C48H54FN5O7Si. The van der Waals surface area contributed by atoms with Crippen LogP contribution in [0.3, 0.4) is 0 Å². The van der Waals surface area contributed by atoms with E-state index in [1.54, 1.807) is 55.2 Å². The second-order valence-corrected chi connectivity index (χ2v) is 21.4. The number of aliphatic hydroxyl groups is 1. The fraction of sp³-hybridized carbons (Fsp3) is 0.333. The maximum atomic E-state index is 17.6. The SMILES string of the molecule is COc1ccc(C(OC[C@H]2O[C@@H](n3cnc4c(N(C/C=C/CO)C(=O)c5ccccc5)ncnc43)[C@H](F)[C@@H]2O[Si](C)(C)C(C)(C)C)(c2ccccc2)c2ccc(OC)cc2)cc1. The van der Waals surface area contributed by atoms with E-state index in [0.717, 1.165) is 16.7 Å². The fourth-order valence-corrected chi connectivity index (χ4v) is 8.79. The number of aliphatic hydroxyl groups excluding tert-OH is 1. The number of halogens is 1. The summed E-state index contributed by atoms with van der Waals surface area (Å²) in [6.07, 6.45) is 1.14. The van der Waals surface area contributed by atoms with Crippen LogP contribution in [-0.2, 0) is 19.5 Å². The van der Waals surface area contributed by atoms with Gasteiger partial charge in [-0.05, 0) is 71.2 Å². The first-order valence-electron chi connectivity index (χ1n) is 20.6. The number of aromatic nitrogens is 4. The summed E-state index contributed by atoms with van der Waals surface area (Å²) in [5, 5.41) is 9.22. The highest BCUT2D eigenvalue weighted by atomic mass is 28.4. The largest absolute Gasteiger partial charge is 0.497 e. The highest BCUT2D eigenvalue weighted by Gasteiger charge is 2.53. The number of anilines is 1. The van der Waals surface area contributed by atoms with E-state index < -0.39 is 38.5 Å². The molecule has 0 radical (unpaired) electrons. The maximum absolute atomic E-state index is 17.6. The van der Waals surface area contributed by atoms with Crippen LogP contribution in [0.5, 0.6) is 11.5 Å². The lowest BCUT2D eigenvalue weighted by molar-refractivity contribution is -0.0921. The number of carbonyl (C=O) groups excluding carboxylic acids is 1. The predicted octanol–water partition coefficient (Wildman–Crippen LogP) is 8.67. The van der Waals surface area contributed by atoms with Gasteiger partial charge in [-0.1, -0.05) is 106 Å². The number of rotatable bonds is 16. The van der Waals surface area contributed by atoms with Crippen molar-refractivity contribution in [3.63, 3.8) is 0 Å². The summed E-state index contributed by atoms with van der Waals surface area (Å²) in [5.74, 6) is 1.26. The molecule has 1 fully saturated rings. The number of benzene rings is 4. The van der Waals surface area contributed by atoms with Gasteiger partial charge in [0.1, 0.15) is 35.6 Å². The molecule has 0 bridgehead atoms. The first kappa shape index (κ1) is 44.3. The summed E-state index contributed by atoms with van der Waals surface area (Å²) in [5.41, 5.74) is 2.25. The summed E-state index contributed by atoms with van der Waals surface area (Å²) in [6.45, 7) is 10.3. The van der Waals surface area contributed by atoms with Gasteiger partial charge in [0, 0.05) is 12.1 Å². The minimum absolute atomic E-state index is 0.0768. The van der Waals surface area contributed by atoms with Crippen molar-refractivity contribution in [2.75, 3.05) is 38.9 Å². The van der Waals surface area contributed by atoms with Crippen LogP contribution < -0.4 is 14.4 Å². The number of fused-ring (bicyclic) bond motifs is 1. The van der Waals surface area contributed by atoms with Gasteiger partial charge in [-0.3, -0.25) is 14.3 Å². The molecule has 0 unspecified atom stereocenters. The van der Waals surface area contributed by atoms with Gasteiger partial charge in [0.25, 0.3) is 5.91 Å². The van der Waals surface area contributed by atoms with Crippen LogP contribution >= 0.6 is 0 Å². The molecule has 7 rings (SSSR count). The second-order valence-electron chi connectivity index (χ2n) is 16.6. The van der Waals surface area contributed by atoms with Gasteiger partial charge < -0.3 is 28.5 Å². The van der Waals surface area contributed by atoms with Crippen LogP contribution in [0.25, 0.3) is 11.2 Å². The zero-order valence-corrected chi connectivity index (χ0v) is 37.1. The quantitative estimate of drug-likeness (QED) is 0.0574. The molecule has 1 aliphatic rings. The third-order valence-electron chi connectivity index (χ3n) is 11.8. The van der Waals surface area contributed by atoms with Crippen LogP contribution in [-0.4, -0.2) is 91.2 Å². The molecule has 2 aromatic heterocycles. The maximum Gasteiger partial charge on any atom is 0.259 e. The van der Waals surface area contributed by atoms with Gasteiger partial charge in [0.15, 0.2) is 37.7 Å². The molecule has 1 aliphatic heterocycles. The Morgan fingerprint density at radius 1 is 0.839 bits per heavy atom. The van der Waals surface area contributed by atoms with Crippen molar-refractivity contribution in [2.45, 2.75) is 69.1 Å². The summed E-state index contributed by atoms with van der Waals surface area (Å²) in [4.78, 5) is 29.1. The Bertz CT molecular complexity index is 2400. The van der Waals surface area contributed by atoms with E-state index in [9.17, 15) is 9.90 Å². The molecule has 4 aromatic carbocycles. The molecule has 1 amide bonds. The number of alkyl halides is 1. The van der Waals surface area contributed by atoms with Crippen molar-refractivity contribution < 1.29 is 37.7 Å². The second kappa shape index (κ2) is 18.7. The molecule has 6 aromatic rings. The average molecular weight is 860 g/mol. The van der Waals surface area contributed by atoms with Crippen molar-refractivity contribution in [3.05, 3.63) is 156 Å². The number of hydrogen-bond acceptors (Lipinski definition) is 10. The van der Waals surface area contributed by atoms with Gasteiger partial charge in [-0.25, -0.2) is 19.3 Å². The normalized spacial score (nSPS) is 18.3. The summed E-state index contributed by atoms with van der Waals surface area (Å²) < 4.78 is 51.2. The molecule has 3 heterocycles. The monoisotopic (exact) mass is 859 g/mol. The number of nitrogens with zero attached hydrogens (tertiary/aromatic N) is 5. The molecule has 0 spiro atoms. The van der Waals surface area contributed by atoms with Crippen molar-refractivity contribution in [1.29, 1.82) is 0 Å². The Kier molecular flexibility index (Phi) is 13.3. The number of amides is 1. The van der Waals surface area contributed by atoms with Crippen molar-refractivity contribution in [3.8, 4) is 11.5 Å². The predicted molar refractivity (Wildman–Crippen MR) is 239 cm³/mol. The van der Waals surface area contributed by atoms with Crippen LogP contribution in [0, 0.1) is 0 Å². The minimum Gasteiger partial charge on any atom is -0.497 e. The standard InChI is InChI=1S/C48H54FN5O7Si/c1-47(2,3)62(6,7)61-42-39(30-59-48(34-18-12-9-13-19-34,35-20-24-37(57-4)25-21-35)36-22-26-38(58-5)27-23-36)60-46(40(42)49)54-32-52-41-43(50-31-51-44(41)54)53(28-14-15-29-55)45(56)33-16-10-8-11-17-33/h8-27,31-32,39-40,42,46,55H,28-30H2,1-7H3/b15-14+/t39-,40-,42-,46-/m1/s1. The first-order valence-corrected chi connectivity index (χ1v) is 23.5. The number of carbonyl (C=O) groups is 1. The van der Waals surface area contributed by atoms with Gasteiger partial charge in [-0.2, -0.15) is 0 Å². The Morgan fingerprint density at radius 3 is 1.98 bits per heavy atom. The van der Waals surface area contributed by atoms with Crippen molar-refractivity contribution >= 4 is 31.2 Å². The molecule has 14 heteroatoms. The highest BCUT2D eigenvalue weighted by molar-refractivity contribution is 6.74. The highest BCUT2D eigenvalue weighted by Crippen LogP contribution is 2.46. The Balaban J connectivity index is 1.31. The third-order valence-corrected chi connectivity index (χ3v) is 16.3. The lowest BCUT2D eigenvalue weighted by atomic mass is 9.80. The van der Waals surface area contributed by atoms with Crippen LogP contribution in [0.2, 0.25) is 18.1 Å². The van der Waals surface area contributed by atoms with Gasteiger partial charge in [0.2, 0.25) is 0 Å². The smallest absolute Gasteiger partial charge is 0.259 e. The number of methoxy groups -OCH3 is 2. The van der Waals surface area contributed by atoms with Crippen LogP contribution in [0.15, 0.2) is 134 Å². The van der Waals surface area contributed by atoms with E-state index in [2.05, 4.69) is 48.8 Å². The molecule has 4 atom stereocenters. The third kappa shape index (κ3) is 8.79. The van der Waals surface area contributed by atoms with E-state index >= 15 is 4.39 Å². The molecule has 62 heavy (non-hydrogen) atoms. The Labute approximate surface area is 363 Å². The van der Waals surface area contributed by atoms with E-state index in [4.69, 9.17) is 23.4 Å². The number of imidazole rings is 1. The lowest BCUT2D eigenvalue weighted by Crippen LogP contribution is -2.49. The molecule has 1 N–H and O–H groups in total. The molecule has 0 saturated carbocycles. The van der Waals surface area contributed by atoms with E-state index in [1.807, 2.05) is 84.9 Å². The zero-order chi connectivity index (χ0) is 44.1. The summed E-state index contributed by atoms with van der Waals surface area (Å²) in [7, 11) is 0.626. The van der Waals surface area contributed by atoms with Crippen LogP contribution in [0.4, 0.5) is 10.2 Å². The Hall–Kier alpha value is -5.77. The molecule has 1 saturated heterocycles. The average Bonchev–Trinajstić information content (AvgIpc) is 3.85. The molecular weight excluding hydrogens is 806 g/mol. The van der Waals surface area contributed by atoms with E-state index in [0.29, 0.717) is 17.1 Å². The minimum atomic E-state index is -2.62. The zero-order valence-electron chi connectivity index (χ0n) is 36.1. The molecule has 12 nitrogen and oxygen atoms in total. The van der Waals surface area contributed by atoms with Crippen molar-refractivity contribution in [2.24, 2.45) is 0 Å².